The molecule has 15 heavy (non-hydrogen) atoms. The Hall–Kier alpha value is -0.340. The number of nitrogens with one attached hydrogen (secondary N) is 1. The fourth-order valence-corrected chi connectivity index (χ4v) is 2.94. The molecule has 2 heteroatoms. The van der Waals surface area contributed by atoms with Gasteiger partial charge in [0.05, 0.1) is 0 Å². The second kappa shape index (κ2) is 5.13. The Kier molecular flexibility index (Phi) is 3.81. The van der Waals surface area contributed by atoms with Crippen molar-refractivity contribution in [2.75, 3.05) is 13.1 Å². The summed E-state index contributed by atoms with van der Waals surface area (Å²) in [6.07, 6.45) is 2.54. The Morgan fingerprint density at radius 3 is 3.07 bits per heavy atom. The molecular weight excluding hydrogens is 250 g/mol. The Morgan fingerprint density at radius 1 is 1.47 bits per heavy atom. The molecule has 1 heterocycles. The van der Waals surface area contributed by atoms with Gasteiger partial charge < -0.3 is 5.32 Å². The van der Waals surface area contributed by atoms with E-state index in [9.17, 15) is 0 Å². The zero-order chi connectivity index (χ0) is 10.7. The van der Waals surface area contributed by atoms with E-state index in [1.54, 1.807) is 0 Å². The summed E-state index contributed by atoms with van der Waals surface area (Å²) < 4.78 is 1.20. The lowest BCUT2D eigenvalue weighted by molar-refractivity contribution is 0.318. The van der Waals surface area contributed by atoms with E-state index < -0.39 is 0 Å². The molecule has 1 aliphatic heterocycles. The van der Waals surface area contributed by atoms with E-state index >= 15 is 0 Å². The van der Waals surface area contributed by atoms with Gasteiger partial charge >= 0.3 is 0 Å². The molecule has 0 aromatic heterocycles. The lowest BCUT2D eigenvalue weighted by Crippen LogP contribution is -2.35. The molecule has 82 valence electrons. The second-order valence-corrected chi connectivity index (χ2v) is 5.24. The summed E-state index contributed by atoms with van der Waals surface area (Å²) in [6, 6.07) is 8.79. The molecule has 1 nitrogen and oxygen atoms in total. The van der Waals surface area contributed by atoms with Crippen LogP contribution in [0, 0.1) is 5.92 Å². The number of hydrogen-bond donors (Lipinski definition) is 1. The van der Waals surface area contributed by atoms with E-state index in [1.165, 1.54) is 29.4 Å². The summed E-state index contributed by atoms with van der Waals surface area (Å²) in [6.45, 7) is 4.63. The molecular formula is C13H18BrN. The van der Waals surface area contributed by atoms with Crippen molar-refractivity contribution in [1.29, 1.82) is 0 Å². The molecule has 1 N–H and O–H groups in total. The van der Waals surface area contributed by atoms with Crippen molar-refractivity contribution in [3.63, 3.8) is 0 Å². The van der Waals surface area contributed by atoms with Gasteiger partial charge in [-0.25, -0.2) is 0 Å². The quantitative estimate of drug-likeness (QED) is 0.864. The van der Waals surface area contributed by atoms with Crippen molar-refractivity contribution in [2.24, 2.45) is 5.92 Å². The molecule has 1 aromatic carbocycles. The van der Waals surface area contributed by atoms with Crippen LogP contribution in [-0.4, -0.2) is 13.1 Å². The Morgan fingerprint density at radius 2 is 2.33 bits per heavy atom. The van der Waals surface area contributed by atoms with Gasteiger partial charge in [0.15, 0.2) is 0 Å². The van der Waals surface area contributed by atoms with Crippen molar-refractivity contribution < 1.29 is 0 Å². The SMILES string of the molecule is CCC1CNCCC1c1cccc(Br)c1. The van der Waals surface area contributed by atoms with Crippen LogP contribution in [0.25, 0.3) is 0 Å². The van der Waals surface area contributed by atoms with Crippen LogP contribution in [0.4, 0.5) is 0 Å². The zero-order valence-corrected chi connectivity index (χ0v) is 10.8. The van der Waals surface area contributed by atoms with Crippen molar-refractivity contribution in [3.8, 4) is 0 Å². The van der Waals surface area contributed by atoms with Crippen LogP contribution >= 0.6 is 15.9 Å². The molecule has 0 bridgehead atoms. The van der Waals surface area contributed by atoms with Crippen molar-refractivity contribution in [1.82, 2.24) is 5.32 Å². The van der Waals surface area contributed by atoms with E-state index in [0.29, 0.717) is 0 Å². The minimum Gasteiger partial charge on any atom is -0.316 e. The van der Waals surface area contributed by atoms with Gasteiger partial charge in [0.1, 0.15) is 0 Å². The molecule has 0 amide bonds. The fourth-order valence-electron chi connectivity index (χ4n) is 2.53. The maximum absolute atomic E-state index is 3.55. The second-order valence-electron chi connectivity index (χ2n) is 4.32. The molecule has 0 spiro atoms. The van der Waals surface area contributed by atoms with Gasteiger partial charge in [0.25, 0.3) is 0 Å². The third-order valence-corrected chi connectivity index (χ3v) is 3.90. The Bertz CT molecular complexity index is 324. The molecule has 2 unspecified atom stereocenters. The summed E-state index contributed by atoms with van der Waals surface area (Å²) in [7, 11) is 0. The van der Waals surface area contributed by atoms with Gasteiger partial charge in [0.2, 0.25) is 0 Å². The number of rotatable bonds is 2. The highest BCUT2D eigenvalue weighted by atomic mass is 79.9. The normalized spacial score (nSPS) is 26.5. The minimum absolute atomic E-state index is 0.744. The Balaban J connectivity index is 2.20. The molecule has 0 saturated carbocycles. The van der Waals surface area contributed by atoms with Crippen LogP contribution in [0.15, 0.2) is 28.7 Å². The van der Waals surface area contributed by atoms with Gasteiger partial charge in [-0.3, -0.25) is 0 Å². The lowest BCUT2D eigenvalue weighted by atomic mass is 9.80. The monoisotopic (exact) mass is 267 g/mol. The maximum Gasteiger partial charge on any atom is 0.0178 e. The molecule has 1 aliphatic rings. The largest absolute Gasteiger partial charge is 0.316 e. The van der Waals surface area contributed by atoms with E-state index in [2.05, 4.69) is 52.4 Å². The molecule has 1 saturated heterocycles. The molecule has 1 aromatic rings. The highest BCUT2D eigenvalue weighted by Gasteiger charge is 2.24. The average Bonchev–Trinajstić information content (AvgIpc) is 2.29. The molecule has 0 aliphatic carbocycles. The third kappa shape index (κ3) is 2.61. The summed E-state index contributed by atoms with van der Waals surface area (Å²) in [5.41, 5.74) is 1.50. The number of hydrogen-bond acceptors (Lipinski definition) is 1. The molecule has 1 fully saturated rings. The van der Waals surface area contributed by atoms with Crippen LogP contribution in [0.5, 0.6) is 0 Å². The fraction of sp³-hybridized carbons (Fsp3) is 0.538. The standard InChI is InChI=1S/C13H18BrN/c1-2-10-9-15-7-6-13(10)11-4-3-5-12(14)8-11/h3-5,8,10,13,15H,2,6-7,9H2,1H3. The highest BCUT2D eigenvalue weighted by molar-refractivity contribution is 9.10. The van der Waals surface area contributed by atoms with Crippen molar-refractivity contribution in [2.45, 2.75) is 25.7 Å². The predicted octanol–water partition coefficient (Wildman–Crippen LogP) is 3.55. The van der Waals surface area contributed by atoms with E-state index in [4.69, 9.17) is 0 Å². The topological polar surface area (TPSA) is 12.0 Å². The first kappa shape index (κ1) is 11.2. The van der Waals surface area contributed by atoms with E-state index in [-0.39, 0.29) is 0 Å². The number of benzene rings is 1. The average molecular weight is 268 g/mol. The summed E-state index contributed by atoms with van der Waals surface area (Å²) in [4.78, 5) is 0. The summed E-state index contributed by atoms with van der Waals surface area (Å²) in [5.74, 6) is 1.54. The molecule has 2 atom stereocenters. The zero-order valence-electron chi connectivity index (χ0n) is 9.17. The van der Waals surface area contributed by atoms with Crippen LogP contribution < -0.4 is 5.32 Å². The first-order chi connectivity index (χ1) is 7.31. The number of halogens is 1. The van der Waals surface area contributed by atoms with Crippen molar-refractivity contribution in [3.05, 3.63) is 34.3 Å². The smallest absolute Gasteiger partial charge is 0.0178 e. The highest BCUT2D eigenvalue weighted by Crippen LogP contribution is 2.33. The first-order valence-corrected chi connectivity index (χ1v) is 6.56. The molecule has 0 radical (unpaired) electrons. The van der Waals surface area contributed by atoms with Crippen LogP contribution in [0.3, 0.4) is 0 Å². The summed E-state index contributed by atoms with van der Waals surface area (Å²) in [5, 5.41) is 3.49. The minimum atomic E-state index is 0.744. The Labute approximate surface area is 100 Å². The molecule has 2 rings (SSSR count). The maximum atomic E-state index is 3.55. The van der Waals surface area contributed by atoms with Gasteiger partial charge in [-0.2, -0.15) is 0 Å². The van der Waals surface area contributed by atoms with Crippen LogP contribution in [0.1, 0.15) is 31.2 Å². The third-order valence-electron chi connectivity index (χ3n) is 3.41. The van der Waals surface area contributed by atoms with E-state index in [1.807, 2.05) is 0 Å². The number of piperidine rings is 1. The van der Waals surface area contributed by atoms with Gasteiger partial charge in [-0.1, -0.05) is 41.4 Å². The van der Waals surface area contributed by atoms with Gasteiger partial charge in [0, 0.05) is 4.47 Å². The van der Waals surface area contributed by atoms with E-state index in [0.717, 1.165) is 18.4 Å². The van der Waals surface area contributed by atoms with Crippen LogP contribution in [-0.2, 0) is 0 Å². The van der Waals surface area contributed by atoms with Crippen LogP contribution in [0.2, 0.25) is 0 Å². The van der Waals surface area contributed by atoms with Gasteiger partial charge in [-0.15, -0.1) is 0 Å². The van der Waals surface area contributed by atoms with Gasteiger partial charge in [-0.05, 0) is 49.0 Å². The van der Waals surface area contributed by atoms with Crippen molar-refractivity contribution >= 4 is 15.9 Å². The lowest BCUT2D eigenvalue weighted by Gasteiger charge is -2.32. The predicted molar refractivity (Wildman–Crippen MR) is 68.2 cm³/mol. The summed E-state index contributed by atoms with van der Waals surface area (Å²) >= 11 is 3.55. The first-order valence-electron chi connectivity index (χ1n) is 5.77.